The summed E-state index contributed by atoms with van der Waals surface area (Å²) in [7, 11) is 0. The largest absolute Gasteiger partial charge is 0.395 e. The summed E-state index contributed by atoms with van der Waals surface area (Å²) < 4.78 is 0. The van der Waals surface area contributed by atoms with Gasteiger partial charge in [-0.25, -0.2) is 0 Å². The van der Waals surface area contributed by atoms with Gasteiger partial charge in [0, 0.05) is 9.75 Å². The third-order valence-corrected chi connectivity index (χ3v) is 3.24. The molecule has 0 fully saturated rings. The molecule has 0 radical (unpaired) electrons. The monoisotopic (exact) mass is 201 g/mol. The lowest BCUT2D eigenvalue weighted by Gasteiger charge is -2.14. The minimum absolute atomic E-state index is 0.194. The Kier molecular flexibility index (Phi) is 3.87. The van der Waals surface area contributed by atoms with Crippen molar-refractivity contribution in [3.63, 3.8) is 0 Å². The third-order valence-electron chi connectivity index (χ3n) is 1.94. The van der Waals surface area contributed by atoms with Crippen LogP contribution in [0.3, 0.4) is 0 Å². The molecule has 0 bridgehead atoms. The van der Waals surface area contributed by atoms with E-state index in [1.165, 1.54) is 4.88 Å². The number of aryl methyl sites for hydroxylation is 1. The first kappa shape index (κ1) is 10.7. The van der Waals surface area contributed by atoms with Gasteiger partial charge in [0.2, 0.25) is 0 Å². The molecule has 0 saturated carbocycles. The molecule has 2 atom stereocenters. The van der Waals surface area contributed by atoms with Gasteiger partial charge in [-0.15, -0.1) is 11.3 Å². The predicted octanol–water partition coefficient (Wildman–Crippen LogP) is 0.663. The summed E-state index contributed by atoms with van der Waals surface area (Å²) in [5.41, 5.74) is 5.51. The number of aliphatic hydroxyl groups excluding tert-OH is 2. The van der Waals surface area contributed by atoms with Crippen LogP contribution in [-0.2, 0) is 6.42 Å². The second-order valence-electron chi connectivity index (χ2n) is 2.95. The minimum Gasteiger partial charge on any atom is -0.395 e. The van der Waals surface area contributed by atoms with E-state index in [2.05, 4.69) is 6.92 Å². The SMILES string of the molecule is CCc1ccc(C(O)C(N)CO)s1. The van der Waals surface area contributed by atoms with Crippen LogP contribution in [0.2, 0.25) is 0 Å². The van der Waals surface area contributed by atoms with Crippen molar-refractivity contribution in [1.29, 1.82) is 0 Å². The van der Waals surface area contributed by atoms with Crippen molar-refractivity contribution in [3.8, 4) is 0 Å². The molecular weight excluding hydrogens is 186 g/mol. The molecule has 13 heavy (non-hydrogen) atoms. The van der Waals surface area contributed by atoms with Crippen molar-refractivity contribution in [3.05, 3.63) is 21.9 Å². The van der Waals surface area contributed by atoms with E-state index < -0.39 is 12.1 Å². The van der Waals surface area contributed by atoms with Gasteiger partial charge in [-0.1, -0.05) is 6.92 Å². The van der Waals surface area contributed by atoms with E-state index in [1.54, 1.807) is 11.3 Å². The summed E-state index contributed by atoms with van der Waals surface area (Å²) in [6.45, 7) is 1.87. The molecule has 0 aromatic carbocycles. The van der Waals surface area contributed by atoms with Gasteiger partial charge in [0.1, 0.15) is 6.10 Å². The van der Waals surface area contributed by atoms with E-state index in [4.69, 9.17) is 10.8 Å². The third kappa shape index (κ3) is 2.51. The molecule has 2 unspecified atom stereocenters. The molecule has 1 aromatic heterocycles. The zero-order chi connectivity index (χ0) is 9.84. The molecule has 0 amide bonds. The minimum atomic E-state index is -0.740. The van der Waals surface area contributed by atoms with Crippen LogP contribution < -0.4 is 5.73 Å². The average molecular weight is 201 g/mol. The lowest BCUT2D eigenvalue weighted by Crippen LogP contribution is -2.31. The highest BCUT2D eigenvalue weighted by Gasteiger charge is 2.17. The summed E-state index contributed by atoms with van der Waals surface area (Å²) in [5, 5.41) is 18.4. The van der Waals surface area contributed by atoms with Crippen LogP contribution in [0.4, 0.5) is 0 Å². The molecule has 3 nitrogen and oxygen atoms in total. The van der Waals surface area contributed by atoms with Crippen molar-refractivity contribution in [2.75, 3.05) is 6.61 Å². The average Bonchev–Trinajstić information content (AvgIpc) is 2.63. The van der Waals surface area contributed by atoms with E-state index in [9.17, 15) is 5.11 Å². The van der Waals surface area contributed by atoms with Crippen LogP contribution in [0.1, 0.15) is 22.8 Å². The number of hydrogen-bond donors (Lipinski definition) is 3. The maximum atomic E-state index is 9.62. The lowest BCUT2D eigenvalue weighted by atomic mass is 10.1. The highest BCUT2D eigenvalue weighted by Crippen LogP contribution is 2.25. The molecule has 0 aliphatic carbocycles. The summed E-state index contributed by atoms with van der Waals surface area (Å²) in [5.74, 6) is 0. The summed E-state index contributed by atoms with van der Waals surface area (Å²) in [4.78, 5) is 2.05. The zero-order valence-corrected chi connectivity index (χ0v) is 8.42. The van der Waals surface area contributed by atoms with E-state index >= 15 is 0 Å². The normalized spacial score (nSPS) is 15.7. The van der Waals surface area contributed by atoms with Crippen molar-refractivity contribution in [2.24, 2.45) is 5.73 Å². The molecule has 0 saturated heterocycles. The molecule has 0 aliphatic rings. The number of rotatable bonds is 4. The number of aliphatic hydroxyl groups is 2. The molecule has 74 valence electrons. The van der Waals surface area contributed by atoms with Crippen LogP contribution in [0.5, 0.6) is 0 Å². The van der Waals surface area contributed by atoms with Gasteiger partial charge in [0.25, 0.3) is 0 Å². The van der Waals surface area contributed by atoms with Gasteiger partial charge in [0.15, 0.2) is 0 Å². The summed E-state index contributed by atoms with van der Waals surface area (Å²) in [6.07, 6.45) is 0.224. The van der Waals surface area contributed by atoms with Crippen LogP contribution in [-0.4, -0.2) is 22.9 Å². The fourth-order valence-corrected chi connectivity index (χ4v) is 2.07. The lowest BCUT2D eigenvalue weighted by molar-refractivity contribution is 0.112. The molecule has 4 N–H and O–H groups in total. The topological polar surface area (TPSA) is 66.5 Å². The summed E-state index contributed by atoms with van der Waals surface area (Å²) in [6, 6.07) is 3.26. The molecule has 1 aromatic rings. The number of thiophene rings is 1. The van der Waals surface area contributed by atoms with Gasteiger partial charge in [-0.05, 0) is 18.6 Å². The number of nitrogens with two attached hydrogens (primary N) is 1. The Morgan fingerprint density at radius 3 is 2.69 bits per heavy atom. The van der Waals surface area contributed by atoms with Crippen LogP contribution in [0.25, 0.3) is 0 Å². The quantitative estimate of drug-likeness (QED) is 0.670. The molecule has 0 spiro atoms. The first-order chi connectivity index (χ1) is 6.19. The van der Waals surface area contributed by atoms with Gasteiger partial charge in [-0.3, -0.25) is 0 Å². The van der Waals surface area contributed by atoms with Gasteiger partial charge in [0.05, 0.1) is 12.6 Å². The Balaban J connectivity index is 2.70. The van der Waals surface area contributed by atoms with Crippen LogP contribution >= 0.6 is 11.3 Å². The second kappa shape index (κ2) is 4.72. The Morgan fingerprint density at radius 2 is 2.23 bits per heavy atom. The standard InChI is InChI=1S/C9H15NO2S/c1-2-6-3-4-8(13-6)9(12)7(10)5-11/h3-4,7,9,11-12H,2,5,10H2,1H3. The van der Waals surface area contributed by atoms with Crippen molar-refractivity contribution in [1.82, 2.24) is 0 Å². The van der Waals surface area contributed by atoms with E-state index in [0.717, 1.165) is 11.3 Å². The van der Waals surface area contributed by atoms with Crippen molar-refractivity contribution < 1.29 is 10.2 Å². The Bertz CT molecular complexity index is 262. The van der Waals surface area contributed by atoms with Crippen molar-refractivity contribution >= 4 is 11.3 Å². The van der Waals surface area contributed by atoms with E-state index in [0.29, 0.717) is 0 Å². The predicted molar refractivity (Wildman–Crippen MR) is 53.7 cm³/mol. The Labute approximate surface area is 81.8 Å². The summed E-state index contributed by atoms with van der Waals surface area (Å²) >= 11 is 1.54. The van der Waals surface area contributed by atoms with Gasteiger partial charge in [-0.2, -0.15) is 0 Å². The maximum absolute atomic E-state index is 9.62. The molecular formula is C9H15NO2S. The Hall–Kier alpha value is -0.420. The molecule has 1 heterocycles. The highest BCUT2D eigenvalue weighted by atomic mass is 32.1. The van der Waals surface area contributed by atoms with Crippen molar-refractivity contribution in [2.45, 2.75) is 25.5 Å². The van der Waals surface area contributed by atoms with E-state index in [1.807, 2.05) is 12.1 Å². The van der Waals surface area contributed by atoms with Gasteiger partial charge < -0.3 is 15.9 Å². The molecule has 4 heteroatoms. The number of hydrogen-bond acceptors (Lipinski definition) is 4. The zero-order valence-electron chi connectivity index (χ0n) is 7.60. The van der Waals surface area contributed by atoms with Gasteiger partial charge >= 0.3 is 0 Å². The van der Waals surface area contributed by atoms with Crippen LogP contribution in [0.15, 0.2) is 12.1 Å². The molecule has 0 aliphatic heterocycles. The fourth-order valence-electron chi connectivity index (χ4n) is 1.05. The van der Waals surface area contributed by atoms with E-state index in [-0.39, 0.29) is 6.61 Å². The first-order valence-corrected chi connectivity index (χ1v) is 5.13. The molecule has 1 rings (SSSR count). The second-order valence-corrected chi connectivity index (χ2v) is 4.15. The first-order valence-electron chi connectivity index (χ1n) is 4.32. The smallest absolute Gasteiger partial charge is 0.105 e. The van der Waals surface area contributed by atoms with Crippen LogP contribution in [0, 0.1) is 0 Å². The Morgan fingerprint density at radius 1 is 1.54 bits per heavy atom. The highest BCUT2D eigenvalue weighted by molar-refractivity contribution is 7.12. The maximum Gasteiger partial charge on any atom is 0.105 e. The fraction of sp³-hybridized carbons (Fsp3) is 0.556.